The fraction of sp³-hybridized carbons (Fsp3) is 0.875. The van der Waals surface area contributed by atoms with Gasteiger partial charge in [0.1, 0.15) is 0 Å². The van der Waals surface area contributed by atoms with E-state index in [1.807, 2.05) is 0 Å². The predicted molar refractivity (Wildman–Crippen MR) is 116 cm³/mol. The van der Waals surface area contributed by atoms with Crippen molar-refractivity contribution in [3.8, 4) is 0 Å². The Kier molecular flexibility index (Phi) is 20.8. The Morgan fingerprint density at radius 1 is 0.630 bits per heavy atom. The van der Waals surface area contributed by atoms with Crippen molar-refractivity contribution in [2.24, 2.45) is 0 Å². The van der Waals surface area contributed by atoms with Crippen molar-refractivity contribution < 1.29 is 14.3 Å². The molecule has 3 heteroatoms. The van der Waals surface area contributed by atoms with E-state index in [0.717, 1.165) is 26.1 Å². The minimum Gasteiger partial charge on any atom is -0.462 e. The molecule has 0 aromatic carbocycles. The van der Waals surface area contributed by atoms with E-state index in [1.165, 1.54) is 89.9 Å². The minimum atomic E-state index is -0.257. The lowest BCUT2D eigenvalue weighted by atomic mass is 10.0. The average Bonchev–Trinajstić information content (AvgIpc) is 2.66. The number of unbranched alkanes of at least 4 members (excludes halogenated alkanes) is 15. The molecule has 160 valence electrons. The van der Waals surface area contributed by atoms with Crippen LogP contribution in [0.2, 0.25) is 0 Å². The lowest BCUT2D eigenvalue weighted by Gasteiger charge is -2.05. The highest BCUT2D eigenvalue weighted by atomic mass is 16.5. The van der Waals surface area contributed by atoms with Crippen LogP contribution in [-0.2, 0) is 14.3 Å². The number of esters is 1. The fourth-order valence-electron chi connectivity index (χ4n) is 3.21. The summed E-state index contributed by atoms with van der Waals surface area (Å²) in [6.45, 7) is 9.68. The van der Waals surface area contributed by atoms with Crippen molar-refractivity contribution in [2.75, 3.05) is 19.8 Å². The van der Waals surface area contributed by atoms with Gasteiger partial charge in [0.2, 0.25) is 0 Å². The van der Waals surface area contributed by atoms with Crippen LogP contribution in [0.1, 0.15) is 117 Å². The van der Waals surface area contributed by atoms with Gasteiger partial charge in [0, 0.05) is 18.8 Å². The van der Waals surface area contributed by atoms with Gasteiger partial charge in [-0.1, -0.05) is 96.5 Å². The maximum Gasteiger partial charge on any atom is 0.333 e. The van der Waals surface area contributed by atoms with Gasteiger partial charge in [0.05, 0.1) is 6.61 Å². The van der Waals surface area contributed by atoms with E-state index in [9.17, 15) is 4.79 Å². The van der Waals surface area contributed by atoms with Gasteiger partial charge in [-0.05, 0) is 26.7 Å². The van der Waals surface area contributed by atoms with Gasteiger partial charge in [0.25, 0.3) is 0 Å². The molecule has 0 saturated heterocycles. The van der Waals surface area contributed by atoms with E-state index in [1.54, 1.807) is 6.92 Å². The highest BCUT2D eigenvalue weighted by Crippen LogP contribution is 2.13. The average molecular weight is 383 g/mol. The fourth-order valence-corrected chi connectivity index (χ4v) is 3.21. The van der Waals surface area contributed by atoms with Crippen LogP contribution in [0.3, 0.4) is 0 Å². The number of ether oxygens (including phenoxy) is 2. The molecule has 0 N–H and O–H groups in total. The molecule has 0 aliphatic carbocycles. The second-order valence-corrected chi connectivity index (χ2v) is 7.77. The van der Waals surface area contributed by atoms with Crippen LogP contribution in [0, 0.1) is 0 Å². The third-order valence-electron chi connectivity index (χ3n) is 4.97. The number of carbonyl (C=O) groups excluding carboxylic acids is 1. The molecule has 0 radical (unpaired) electrons. The first-order valence-corrected chi connectivity index (χ1v) is 11.6. The van der Waals surface area contributed by atoms with Gasteiger partial charge in [-0.15, -0.1) is 0 Å². The predicted octanol–water partition coefficient (Wildman–Crippen LogP) is 7.38. The van der Waals surface area contributed by atoms with E-state index >= 15 is 0 Å². The second-order valence-electron chi connectivity index (χ2n) is 7.77. The largest absolute Gasteiger partial charge is 0.462 e. The molecule has 0 aliphatic heterocycles. The molecule has 0 rings (SSSR count). The van der Waals surface area contributed by atoms with Crippen molar-refractivity contribution in [1.82, 2.24) is 0 Å². The van der Waals surface area contributed by atoms with Crippen molar-refractivity contribution in [2.45, 2.75) is 117 Å². The Bertz CT molecular complexity index is 339. The van der Waals surface area contributed by atoms with Gasteiger partial charge in [-0.3, -0.25) is 0 Å². The Morgan fingerprint density at radius 2 is 0.963 bits per heavy atom. The SMILES string of the molecule is C=C(C)C(=O)OCCCCCCCCCCCCCCCCCCOCC. The second kappa shape index (κ2) is 21.5. The number of hydrogen-bond donors (Lipinski definition) is 0. The normalized spacial score (nSPS) is 10.9. The van der Waals surface area contributed by atoms with E-state index in [-0.39, 0.29) is 5.97 Å². The summed E-state index contributed by atoms with van der Waals surface area (Å²) in [5.74, 6) is -0.257. The number of carbonyl (C=O) groups is 1. The molecule has 0 spiro atoms. The van der Waals surface area contributed by atoms with Gasteiger partial charge in [-0.2, -0.15) is 0 Å². The van der Waals surface area contributed by atoms with E-state index in [4.69, 9.17) is 9.47 Å². The molecule has 0 aliphatic rings. The molecule has 0 aromatic rings. The molecule has 0 atom stereocenters. The standard InChI is InChI=1S/C24H46O3/c1-4-26-21-19-17-15-13-11-9-7-5-6-8-10-12-14-16-18-20-22-27-24(25)23(2)3/h2,4-22H2,1,3H3. The first-order valence-electron chi connectivity index (χ1n) is 11.6. The molecule has 0 saturated carbocycles. The van der Waals surface area contributed by atoms with Gasteiger partial charge >= 0.3 is 5.97 Å². The zero-order chi connectivity index (χ0) is 20.0. The van der Waals surface area contributed by atoms with Crippen molar-refractivity contribution in [3.05, 3.63) is 12.2 Å². The van der Waals surface area contributed by atoms with Crippen LogP contribution >= 0.6 is 0 Å². The molecule has 0 fully saturated rings. The van der Waals surface area contributed by atoms with Crippen molar-refractivity contribution in [1.29, 1.82) is 0 Å². The number of rotatable bonds is 21. The smallest absolute Gasteiger partial charge is 0.333 e. The highest BCUT2D eigenvalue weighted by molar-refractivity contribution is 5.86. The zero-order valence-corrected chi connectivity index (χ0v) is 18.4. The molecule has 0 bridgehead atoms. The third-order valence-corrected chi connectivity index (χ3v) is 4.97. The summed E-state index contributed by atoms with van der Waals surface area (Å²) < 4.78 is 10.5. The molecular weight excluding hydrogens is 336 g/mol. The Morgan fingerprint density at radius 3 is 1.30 bits per heavy atom. The van der Waals surface area contributed by atoms with E-state index < -0.39 is 0 Å². The van der Waals surface area contributed by atoms with Crippen LogP contribution in [-0.4, -0.2) is 25.8 Å². The first kappa shape index (κ1) is 26.2. The quantitative estimate of drug-likeness (QED) is 0.118. The van der Waals surface area contributed by atoms with Crippen LogP contribution in [0.25, 0.3) is 0 Å². The van der Waals surface area contributed by atoms with Crippen molar-refractivity contribution >= 4 is 5.97 Å². The van der Waals surface area contributed by atoms with Crippen LogP contribution < -0.4 is 0 Å². The summed E-state index contributed by atoms with van der Waals surface area (Å²) in [6, 6.07) is 0. The summed E-state index contributed by atoms with van der Waals surface area (Å²) >= 11 is 0. The lowest BCUT2D eigenvalue weighted by Crippen LogP contribution is -2.05. The van der Waals surface area contributed by atoms with Crippen LogP contribution in [0.4, 0.5) is 0 Å². The maximum absolute atomic E-state index is 11.2. The van der Waals surface area contributed by atoms with Crippen molar-refractivity contribution in [3.63, 3.8) is 0 Å². The van der Waals surface area contributed by atoms with E-state index in [2.05, 4.69) is 13.5 Å². The maximum atomic E-state index is 11.2. The Hall–Kier alpha value is -0.830. The Balaban J connectivity index is 3.05. The topological polar surface area (TPSA) is 35.5 Å². The number of hydrogen-bond acceptors (Lipinski definition) is 3. The molecule has 0 amide bonds. The molecule has 0 heterocycles. The zero-order valence-electron chi connectivity index (χ0n) is 18.4. The first-order chi connectivity index (χ1) is 13.2. The monoisotopic (exact) mass is 382 g/mol. The molecule has 3 nitrogen and oxygen atoms in total. The molecular formula is C24H46O3. The highest BCUT2D eigenvalue weighted by Gasteiger charge is 2.01. The summed E-state index contributed by atoms with van der Waals surface area (Å²) in [4.78, 5) is 11.2. The van der Waals surface area contributed by atoms with Crippen LogP contribution in [0.15, 0.2) is 12.2 Å². The third kappa shape index (κ3) is 21.3. The van der Waals surface area contributed by atoms with Crippen LogP contribution in [0.5, 0.6) is 0 Å². The summed E-state index contributed by atoms with van der Waals surface area (Å²) in [7, 11) is 0. The molecule has 0 aromatic heterocycles. The van der Waals surface area contributed by atoms with Gasteiger partial charge in [-0.25, -0.2) is 4.79 Å². The van der Waals surface area contributed by atoms with E-state index in [0.29, 0.717) is 12.2 Å². The summed E-state index contributed by atoms with van der Waals surface area (Å²) in [5, 5.41) is 0. The summed E-state index contributed by atoms with van der Waals surface area (Å²) in [5.41, 5.74) is 0.489. The lowest BCUT2D eigenvalue weighted by molar-refractivity contribution is -0.139. The molecule has 0 unspecified atom stereocenters. The Labute approximate surface area is 169 Å². The van der Waals surface area contributed by atoms with Gasteiger partial charge in [0.15, 0.2) is 0 Å². The molecule has 27 heavy (non-hydrogen) atoms. The minimum absolute atomic E-state index is 0.257. The van der Waals surface area contributed by atoms with Gasteiger partial charge < -0.3 is 9.47 Å². The summed E-state index contributed by atoms with van der Waals surface area (Å²) in [6.07, 6.45) is 21.3.